The number of aromatic nitrogens is 5. The maximum atomic E-state index is 15.2. The van der Waals surface area contributed by atoms with E-state index in [1.807, 2.05) is 36.7 Å². The molecule has 8 bridgehead atoms. The van der Waals surface area contributed by atoms with E-state index < -0.39 is 29.6 Å². The van der Waals surface area contributed by atoms with Crippen molar-refractivity contribution in [1.82, 2.24) is 43.9 Å². The van der Waals surface area contributed by atoms with Crippen molar-refractivity contribution in [2.45, 2.75) is 62.9 Å². The van der Waals surface area contributed by atoms with Gasteiger partial charge in [-0.2, -0.15) is 5.10 Å². The van der Waals surface area contributed by atoms with Crippen molar-refractivity contribution in [1.29, 1.82) is 0 Å². The Morgan fingerprint density at radius 3 is 2.72 bits per heavy atom. The van der Waals surface area contributed by atoms with E-state index in [0.29, 0.717) is 103 Å². The van der Waals surface area contributed by atoms with E-state index in [1.165, 1.54) is 24.3 Å². The van der Waals surface area contributed by atoms with Crippen LogP contribution in [0.4, 0.5) is 20.4 Å². The number of pyridine rings is 1. The summed E-state index contributed by atoms with van der Waals surface area (Å²) in [4.78, 5) is 38.9. The van der Waals surface area contributed by atoms with Gasteiger partial charge < -0.3 is 39.2 Å². The molecule has 3 fully saturated rings. The number of benzene rings is 2. The number of anilines is 2. The molecule has 3 aromatic heterocycles. The maximum absolute atomic E-state index is 15.2. The quantitative estimate of drug-likeness (QED) is 0.255. The van der Waals surface area contributed by atoms with Crippen LogP contribution in [-0.4, -0.2) is 158 Å². The van der Waals surface area contributed by atoms with E-state index in [-0.39, 0.29) is 30.6 Å². The molecule has 0 aliphatic carbocycles. The third kappa shape index (κ3) is 6.41. The first kappa shape index (κ1) is 38.2. The first-order valence-corrected chi connectivity index (χ1v) is 21.0. The number of hydrogen-bond donors (Lipinski definition) is 2. The van der Waals surface area contributed by atoms with Crippen LogP contribution in [0.2, 0.25) is 0 Å². The highest BCUT2D eigenvalue weighted by molar-refractivity contribution is 6.07. The first-order chi connectivity index (χ1) is 29.5. The van der Waals surface area contributed by atoms with Gasteiger partial charge in [0.2, 0.25) is 5.91 Å². The summed E-state index contributed by atoms with van der Waals surface area (Å²) in [5, 5.41) is 12.3. The van der Waals surface area contributed by atoms with Gasteiger partial charge in [-0.25, -0.2) is 28.4 Å². The summed E-state index contributed by atoms with van der Waals surface area (Å²) in [7, 11) is 3.45. The predicted molar refractivity (Wildman–Crippen MR) is 223 cm³/mol. The molecular formula is C43H48F2N12O4. The van der Waals surface area contributed by atoms with Gasteiger partial charge in [0.15, 0.2) is 5.79 Å². The van der Waals surface area contributed by atoms with Crippen LogP contribution in [0.5, 0.6) is 5.75 Å². The minimum Gasteiger partial charge on any atom is -0.490 e. The van der Waals surface area contributed by atoms with Gasteiger partial charge in [0, 0.05) is 77.2 Å². The zero-order chi connectivity index (χ0) is 41.7. The van der Waals surface area contributed by atoms with Crippen LogP contribution in [0, 0.1) is 18.6 Å². The monoisotopic (exact) mass is 834 g/mol. The second-order valence-corrected chi connectivity index (χ2v) is 17.1. The predicted octanol–water partition coefficient (Wildman–Crippen LogP) is 3.54. The van der Waals surface area contributed by atoms with Crippen LogP contribution in [0.25, 0.3) is 28.0 Å². The highest BCUT2D eigenvalue weighted by Gasteiger charge is 2.51. The summed E-state index contributed by atoms with van der Waals surface area (Å²) >= 11 is 0. The van der Waals surface area contributed by atoms with Crippen molar-refractivity contribution in [3.63, 3.8) is 0 Å². The number of ether oxygens (including phenoxy) is 3. The van der Waals surface area contributed by atoms with Crippen LogP contribution in [-0.2, 0) is 20.8 Å². The average molecular weight is 835 g/mol. The zero-order valence-corrected chi connectivity index (χ0v) is 34.5. The van der Waals surface area contributed by atoms with E-state index in [9.17, 15) is 4.39 Å². The van der Waals surface area contributed by atoms with Gasteiger partial charge in [-0.15, -0.1) is 0 Å². The molecule has 11 rings (SSSR count). The number of hydrogen-bond acceptors (Lipinski definition) is 13. The molecule has 3 saturated heterocycles. The Balaban J connectivity index is 1.04. The highest BCUT2D eigenvalue weighted by atomic mass is 19.1. The summed E-state index contributed by atoms with van der Waals surface area (Å²) in [6, 6.07) is 12.3. The summed E-state index contributed by atoms with van der Waals surface area (Å²) in [5.41, 5.74) is 3.77. The lowest BCUT2D eigenvalue weighted by Gasteiger charge is -2.49. The molecule has 6 aliphatic rings. The van der Waals surface area contributed by atoms with E-state index in [2.05, 4.69) is 32.3 Å². The Labute approximate surface area is 351 Å². The number of rotatable bonds is 1. The molecule has 2 aromatic carbocycles. The number of aryl methyl sites for hydroxylation is 1. The van der Waals surface area contributed by atoms with E-state index in [1.54, 1.807) is 29.0 Å². The average Bonchev–Trinajstić information content (AvgIpc) is 4.03. The number of nitrogens with zero attached hydrogens (tertiary/aromatic N) is 10. The SMILES string of the molecule is CO[C@H]1CN(C)C(=O)[C@@H]2C[C@@H](CN2C2=NC3(C)Nc4c2cnn4-c2ccc(F)cc2OCCN2C[C@H]4OCCN3[C@H]4C2)Nc2cccc(n2)-c2cc(F)cc3nc(C)n(c23)C1. The topological polar surface area (TPSA) is 143 Å². The summed E-state index contributed by atoms with van der Waals surface area (Å²) in [6.45, 7) is 8.69. The third-order valence-corrected chi connectivity index (χ3v) is 13.2. The number of carbonyl (C=O) groups is 1. The summed E-state index contributed by atoms with van der Waals surface area (Å²) in [6.07, 6.45) is 1.74. The molecule has 6 aliphatic heterocycles. The summed E-state index contributed by atoms with van der Waals surface area (Å²) in [5.74, 6) is 1.04. The molecule has 7 atom stereocenters. The van der Waals surface area contributed by atoms with Crippen LogP contribution in [0.3, 0.4) is 0 Å². The Morgan fingerprint density at radius 1 is 0.967 bits per heavy atom. The minimum absolute atomic E-state index is 0.0214. The molecule has 0 spiro atoms. The number of imidazole rings is 1. The lowest BCUT2D eigenvalue weighted by molar-refractivity contribution is -0.135. The molecule has 18 heteroatoms. The molecule has 5 aromatic rings. The fraction of sp³-hybridized carbons (Fsp3) is 0.465. The number of fused-ring (bicyclic) bond motifs is 10. The number of methoxy groups -OCH3 is 1. The molecule has 9 heterocycles. The molecule has 1 amide bonds. The fourth-order valence-electron chi connectivity index (χ4n) is 10.4. The molecule has 61 heavy (non-hydrogen) atoms. The van der Waals surface area contributed by atoms with E-state index >= 15 is 9.18 Å². The number of nitrogens with one attached hydrogen (secondary N) is 2. The van der Waals surface area contributed by atoms with E-state index in [4.69, 9.17) is 34.3 Å². The maximum Gasteiger partial charge on any atom is 0.245 e. The van der Waals surface area contributed by atoms with Gasteiger partial charge in [0.1, 0.15) is 59.0 Å². The molecular weight excluding hydrogens is 787 g/mol. The van der Waals surface area contributed by atoms with Crippen molar-refractivity contribution in [2.75, 3.05) is 77.3 Å². The van der Waals surface area contributed by atoms with Gasteiger partial charge in [-0.05, 0) is 50.6 Å². The number of amides is 1. The summed E-state index contributed by atoms with van der Waals surface area (Å²) < 4.78 is 52.5. The van der Waals surface area contributed by atoms with Crippen molar-refractivity contribution in [3.05, 3.63) is 77.8 Å². The Hall–Kier alpha value is -5.69. The van der Waals surface area contributed by atoms with Crippen LogP contribution in [0.1, 0.15) is 24.7 Å². The number of likely N-dealkylation sites (tertiary alicyclic amines) is 1. The molecule has 318 valence electrons. The number of carbonyl (C=O) groups excluding carboxylic acids is 1. The highest BCUT2D eigenvalue weighted by Crippen LogP contribution is 2.41. The number of aliphatic imine (C=N–C) groups is 1. The van der Waals surface area contributed by atoms with Gasteiger partial charge >= 0.3 is 0 Å². The van der Waals surface area contributed by atoms with Gasteiger partial charge in [0.05, 0.1) is 59.9 Å². The van der Waals surface area contributed by atoms with Gasteiger partial charge in [-0.3, -0.25) is 14.6 Å². The molecule has 0 saturated carbocycles. The van der Waals surface area contributed by atoms with Crippen molar-refractivity contribution in [2.24, 2.45) is 4.99 Å². The Bertz CT molecular complexity index is 2600. The van der Waals surface area contributed by atoms with E-state index in [0.717, 1.165) is 18.6 Å². The normalized spacial score (nSPS) is 28.6. The smallest absolute Gasteiger partial charge is 0.245 e. The standard InChI is InChI=1S/C43H48F2N12O4/c1-24-47-32-15-26(45)14-29-31-6-5-7-38(49-31)48-27-17-34(42(58)52(3)20-28(59-4)21-54(24)39(29)32)55(19-27)40-30-18-46-57-33-9-8-25(44)16-36(33)60-12-10-53-22-35-37(23-53)61-13-11-56(35)43(2,50-40)51-41(30)57/h5-9,14-16,18,27-28,34-35,37,51H,10-13,17,19-23H2,1-4H3,(H,48,49)/t27-,28-,34-,35-,37+,43?/m0/s1. The molecule has 2 unspecified atom stereocenters. The lowest BCUT2D eigenvalue weighted by Crippen LogP contribution is -2.64. The molecule has 0 radical (unpaired) electrons. The fourth-order valence-corrected chi connectivity index (χ4v) is 10.4. The number of likely N-dealkylation sites (N-methyl/N-ethyl adjacent to an activating group) is 1. The number of halogens is 2. The Morgan fingerprint density at radius 2 is 1.85 bits per heavy atom. The van der Waals surface area contributed by atoms with Crippen LogP contribution in [0.15, 0.2) is 59.7 Å². The third-order valence-electron chi connectivity index (χ3n) is 13.2. The number of amidine groups is 1. The van der Waals surface area contributed by atoms with Crippen LogP contribution >= 0.6 is 0 Å². The number of morpholine rings is 1. The van der Waals surface area contributed by atoms with Crippen molar-refractivity contribution < 1.29 is 27.8 Å². The zero-order valence-electron chi connectivity index (χ0n) is 34.5. The molecule has 16 nitrogen and oxygen atoms in total. The first-order valence-electron chi connectivity index (χ1n) is 21.0. The lowest BCUT2D eigenvalue weighted by atomic mass is 10.1. The molecule has 2 N–H and O–H groups in total. The van der Waals surface area contributed by atoms with Gasteiger partial charge in [0.25, 0.3) is 0 Å². The largest absolute Gasteiger partial charge is 0.490 e. The van der Waals surface area contributed by atoms with Gasteiger partial charge in [-0.1, -0.05) is 6.07 Å². The Kier molecular flexibility index (Phi) is 9.07. The second kappa shape index (κ2) is 14.5. The van der Waals surface area contributed by atoms with Crippen molar-refractivity contribution in [3.8, 4) is 22.7 Å². The second-order valence-electron chi connectivity index (χ2n) is 17.1. The van der Waals surface area contributed by atoms with Crippen molar-refractivity contribution >= 4 is 34.4 Å². The minimum atomic E-state index is -0.992. The van der Waals surface area contributed by atoms with Crippen LogP contribution < -0.4 is 15.4 Å².